The SMILES string of the molecule is CC(C)Cc1ccc(C(=O)CCC(=O)N2C[C@H]3CNC[C@H]3C2)cc1. The third-order valence-electron chi connectivity index (χ3n) is 5.23. The van der Waals surface area contributed by atoms with Gasteiger partial charge in [-0.15, -0.1) is 0 Å². The van der Waals surface area contributed by atoms with E-state index in [4.69, 9.17) is 0 Å². The van der Waals surface area contributed by atoms with E-state index in [2.05, 4.69) is 19.2 Å². The molecule has 2 fully saturated rings. The Morgan fingerprint density at radius 2 is 1.71 bits per heavy atom. The summed E-state index contributed by atoms with van der Waals surface area (Å²) in [6.07, 6.45) is 1.67. The normalized spacial score (nSPS) is 22.9. The number of likely N-dealkylation sites (tertiary alicyclic amines) is 1. The molecule has 0 aliphatic carbocycles. The highest BCUT2D eigenvalue weighted by molar-refractivity contribution is 5.98. The minimum absolute atomic E-state index is 0.0699. The zero-order valence-electron chi connectivity index (χ0n) is 14.8. The van der Waals surface area contributed by atoms with Crippen molar-refractivity contribution in [2.24, 2.45) is 17.8 Å². The number of amides is 1. The number of Topliss-reactive ketones (excluding diaryl/α,β-unsaturated/α-hetero) is 1. The van der Waals surface area contributed by atoms with Crippen LogP contribution in [0.15, 0.2) is 24.3 Å². The van der Waals surface area contributed by atoms with E-state index < -0.39 is 0 Å². The van der Waals surface area contributed by atoms with Gasteiger partial charge in [-0.2, -0.15) is 0 Å². The van der Waals surface area contributed by atoms with Crippen LogP contribution in [0.1, 0.15) is 42.6 Å². The number of hydrogen-bond acceptors (Lipinski definition) is 3. The monoisotopic (exact) mass is 328 g/mol. The lowest BCUT2D eigenvalue weighted by molar-refractivity contribution is -0.130. The summed E-state index contributed by atoms with van der Waals surface area (Å²) in [5.74, 6) is 2.03. The number of benzene rings is 1. The number of nitrogens with one attached hydrogen (secondary N) is 1. The third kappa shape index (κ3) is 4.04. The van der Waals surface area contributed by atoms with Crippen molar-refractivity contribution in [2.45, 2.75) is 33.1 Å². The first-order chi connectivity index (χ1) is 11.5. The Morgan fingerprint density at radius 3 is 2.29 bits per heavy atom. The van der Waals surface area contributed by atoms with E-state index in [9.17, 15) is 9.59 Å². The topological polar surface area (TPSA) is 49.4 Å². The Labute approximate surface area is 144 Å². The third-order valence-corrected chi connectivity index (χ3v) is 5.23. The predicted molar refractivity (Wildman–Crippen MR) is 95.0 cm³/mol. The van der Waals surface area contributed by atoms with E-state index in [0.717, 1.165) is 38.2 Å². The maximum Gasteiger partial charge on any atom is 0.223 e. The number of rotatable bonds is 6. The van der Waals surface area contributed by atoms with Gasteiger partial charge in [0.15, 0.2) is 5.78 Å². The lowest BCUT2D eigenvalue weighted by Crippen LogP contribution is -2.32. The standard InChI is InChI=1S/C20H28N2O2/c1-14(2)9-15-3-5-16(6-4-15)19(23)7-8-20(24)22-12-17-10-21-11-18(17)13-22/h3-6,14,17-18,21H,7-13H2,1-2H3/t17-,18+. The number of hydrogen-bond donors (Lipinski definition) is 1. The summed E-state index contributed by atoms with van der Waals surface area (Å²) in [7, 11) is 0. The van der Waals surface area contributed by atoms with Gasteiger partial charge in [0, 0.05) is 44.6 Å². The van der Waals surface area contributed by atoms with Crippen LogP contribution >= 0.6 is 0 Å². The van der Waals surface area contributed by atoms with Crippen molar-refractivity contribution >= 4 is 11.7 Å². The molecule has 4 nitrogen and oxygen atoms in total. The summed E-state index contributed by atoms with van der Waals surface area (Å²) in [6, 6.07) is 7.86. The zero-order chi connectivity index (χ0) is 17.1. The molecule has 4 heteroatoms. The molecule has 24 heavy (non-hydrogen) atoms. The van der Waals surface area contributed by atoms with Crippen LogP contribution < -0.4 is 5.32 Å². The molecule has 0 spiro atoms. The summed E-state index contributed by atoms with van der Waals surface area (Å²) >= 11 is 0. The van der Waals surface area contributed by atoms with Crippen molar-refractivity contribution in [1.82, 2.24) is 10.2 Å². The van der Waals surface area contributed by atoms with Crippen LogP contribution in [0.5, 0.6) is 0 Å². The molecule has 3 rings (SSSR count). The Bertz CT molecular complexity index is 582. The molecule has 0 aromatic heterocycles. The van der Waals surface area contributed by atoms with Gasteiger partial charge >= 0.3 is 0 Å². The quantitative estimate of drug-likeness (QED) is 0.817. The number of carbonyl (C=O) groups excluding carboxylic acids is 2. The lowest BCUT2D eigenvalue weighted by atomic mass is 9.99. The Hall–Kier alpha value is -1.68. The van der Waals surface area contributed by atoms with E-state index in [0.29, 0.717) is 30.6 Å². The van der Waals surface area contributed by atoms with Crippen LogP contribution in [0.4, 0.5) is 0 Å². The molecule has 0 radical (unpaired) electrons. The molecule has 2 aliphatic rings. The number of carbonyl (C=O) groups is 2. The highest BCUT2D eigenvalue weighted by Gasteiger charge is 2.37. The van der Waals surface area contributed by atoms with Gasteiger partial charge in [-0.3, -0.25) is 9.59 Å². The smallest absolute Gasteiger partial charge is 0.223 e. The number of ketones is 1. The van der Waals surface area contributed by atoms with Crippen LogP contribution in [0.3, 0.4) is 0 Å². The van der Waals surface area contributed by atoms with Crippen molar-refractivity contribution < 1.29 is 9.59 Å². The fourth-order valence-electron chi connectivity index (χ4n) is 3.88. The van der Waals surface area contributed by atoms with Gasteiger partial charge in [0.2, 0.25) is 5.91 Å². The summed E-state index contributed by atoms with van der Waals surface area (Å²) in [5, 5.41) is 3.38. The van der Waals surface area contributed by atoms with Gasteiger partial charge in [-0.1, -0.05) is 38.1 Å². The molecule has 2 atom stereocenters. The highest BCUT2D eigenvalue weighted by atomic mass is 16.2. The molecule has 0 saturated carbocycles. The molecule has 1 aromatic rings. The predicted octanol–water partition coefficient (Wildman–Crippen LogP) is 2.53. The van der Waals surface area contributed by atoms with Crippen molar-refractivity contribution in [3.63, 3.8) is 0 Å². The van der Waals surface area contributed by atoms with Crippen LogP contribution in [-0.2, 0) is 11.2 Å². The highest BCUT2D eigenvalue weighted by Crippen LogP contribution is 2.26. The minimum atomic E-state index is 0.0699. The molecule has 2 heterocycles. The zero-order valence-corrected chi connectivity index (χ0v) is 14.8. The average molecular weight is 328 g/mol. The van der Waals surface area contributed by atoms with Crippen LogP contribution in [0.2, 0.25) is 0 Å². The van der Waals surface area contributed by atoms with Crippen LogP contribution in [-0.4, -0.2) is 42.8 Å². The van der Waals surface area contributed by atoms with Gasteiger partial charge < -0.3 is 10.2 Å². The van der Waals surface area contributed by atoms with Crippen LogP contribution in [0, 0.1) is 17.8 Å². The van der Waals surface area contributed by atoms with E-state index in [1.807, 2.05) is 29.2 Å². The van der Waals surface area contributed by atoms with Gasteiger partial charge in [0.1, 0.15) is 0 Å². The number of fused-ring (bicyclic) bond motifs is 1. The molecule has 0 bridgehead atoms. The molecular weight excluding hydrogens is 300 g/mol. The van der Waals surface area contributed by atoms with E-state index in [-0.39, 0.29) is 11.7 Å². The Morgan fingerprint density at radius 1 is 1.08 bits per heavy atom. The van der Waals surface area contributed by atoms with E-state index in [1.165, 1.54) is 5.56 Å². The summed E-state index contributed by atoms with van der Waals surface area (Å²) in [5.41, 5.74) is 1.98. The van der Waals surface area contributed by atoms with Crippen molar-refractivity contribution in [1.29, 1.82) is 0 Å². The molecule has 0 unspecified atom stereocenters. The van der Waals surface area contributed by atoms with E-state index in [1.54, 1.807) is 0 Å². The Balaban J connectivity index is 1.47. The molecule has 1 amide bonds. The lowest BCUT2D eigenvalue weighted by Gasteiger charge is -2.17. The maximum absolute atomic E-state index is 12.3. The van der Waals surface area contributed by atoms with Crippen molar-refractivity contribution in [3.8, 4) is 0 Å². The second-order valence-corrected chi connectivity index (χ2v) is 7.70. The number of nitrogens with zero attached hydrogens (tertiary/aromatic N) is 1. The molecular formula is C20H28N2O2. The molecule has 1 aromatic carbocycles. The average Bonchev–Trinajstić information content (AvgIpc) is 3.14. The van der Waals surface area contributed by atoms with Crippen molar-refractivity contribution in [2.75, 3.05) is 26.2 Å². The van der Waals surface area contributed by atoms with Gasteiger partial charge in [0.05, 0.1) is 0 Å². The largest absolute Gasteiger partial charge is 0.342 e. The first-order valence-corrected chi connectivity index (χ1v) is 9.13. The van der Waals surface area contributed by atoms with Gasteiger partial charge in [-0.25, -0.2) is 0 Å². The molecule has 2 saturated heterocycles. The Kier molecular flexibility index (Phi) is 5.34. The summed E-state index contributed by atoms with van der Waals surface area (Å²) < 4.78 is 0. The molecule has 1 N–H and O–H groups in total. The second kappa shape index (κ2) is 7.47. The fourth-order valence-corrected chi connectivity index (χ4v) is 3.88. The fraction of sp³-hybridized carbons (Fsp3) is 0.600. The molecule has 2 aliphatic heterocycles. The first-order valence-electron chi connectivity index (χ1n) is 9.13. The minimum Gasteiger partial charge on any atom is -0.342 e. The first kappa shape index (κ1) is 17.2. The van der Waals surface area contributed by atoms with Gasteiger partial charge in [0.25, 0.3) is 0 Å². The summed E-state index contributed by atoms with van der Waals surface area (Å²) in [6.45, 7) is 8.13. The maximum atomic E-state index is 12.3. The summed E-state index contributed by atoms with van der Waals surface area (Å²) in [4.78, 5) is 26.6. The van der Waals surface area contributed by atoms with Gasteiger partial charge in [-0.05, 0) is 29.7 Å². The van der Waals surface area contributed by atoms with E-state index >= 15 is 0 Å². The van der Waals surface area contributed by atoms with Crippen molar-refractivity contribution in [3.05, 3.63) is 35.4 Å². The molecule has 130 valence electrons. The second-order valence-electron chi connectivity index (χ2n) is 7.70. The van der Waals surface area contributed by atoms with Crippen LogP contribution in [0.25, 0.3) is 0 Å².